The lowest BCUT2D eigenvalue weighted by atomic mass is 10.1. The predicted octanol–water partition coefficient (Wildman–Crippen LogP) is 4.12. The van der Waals surface area contributed by atoms with Crippen LogP contribution in [0.15, 0.2) is 47.4 Å². The van der Waals surface area contributed by atoms with Crippen LogP contribution in [0.5, 0.6) is 0 Å². The van der Waals surface area contributed by atoms with Crippen LogP contribution in [0.25, 0.3) is 0 Å². The van der Waals surface area contributed by atoms with E-state index < -0.39 is 16.6 Å². The molecule has 0 aliphatic heterocycles. The summed E-state index contributed by atoms with van der Waals surface area (Å²) in [6, 6.07) is 9.81. The van der Waals surface area contributed by atoms with Gasteiger partial charge in [0, 0.05) is 15.5 Å². The number of halogens is 3. The molecule has 0 fully saturated rings. The Morgan fingerprint density at radius 2 is 1.90 bits per heavy atom. The minimum absolute atomic E-state index is 0.207. The Morgan fingerprint density at radius 1 is 1.15 bits per heavy atom. The smallest absolute Gasteiger partial charge is 0.177 e. The summed E-state index contributed by atoms with van der Waals surface area (Å²) in [5, 5.41) is 0.622. The van der Waals surface area contributed by atoms with Crippen LogP contribution in [0.3, 0.4) is 0 Å². The molecule has 0 N–H and O–H groups in total. The summed E-state index contributed by atoms with van der Waals surface area (Å²) in [6.45, 7) is 0. The fourth-order valence-corrected chi connectivity index (χ4v) is 3.15. The first-order valence-electron chi connectivity index (χ1n) is 5.59. The summed E-state index contributed by atoms with van der Waals surface area (Å²) in [6.07, 6.45) is 0. The summed E-state index contributed by atoms with van der Waals surface area (Å²) >= 11 is 11.7. The average molecular weight is 331 g/mol. The zero-order chi connectivity index (χ0) is 14.7. The van der Waals surface area contributed by atoms with E-state index >= 15 is 0 Å². The van der Waals surface area contributed by atoms with Gasteiger partial charge in [0.05, 0.1) is 21.6 Å². The molecule has 2 aromatic carbocycles. The van der Waals surface area contributed by atoms with Gasteiger partial charge in [-0.15, -0.1) is 0 Å². The number of Topliss-reactive ketones (excluding diaryl/α,β-unsaturated/α-hetero) is 1. The van der Waals surface area contributed by atoms with Crippen molar-refractivity contribution >= 4 is 39.8 Å². The van der Waals surface area contributed by atoms with Crippen LogP contribution in [0, 0.1) is 5.82 Å². The zero-order valence-electron chi connectivity index (χ0n) is 10.1. The van der Waals surface area contributed by atoms with Crippen molar-refractivity contribution in [2.75, 3.05) is 5.75 Å². The molecule has 1 unspecified atom stereocenters. The van der Waals surface area contributed by atoms with Gasteiger partial charge in [-0.05, 0) is 36.4 Å². The van der Waals surface area contributed by atoms with Crippen LogP contribution in [-0.4, -0.2) is 15.7 Å². The summed E-state index contributed by atoms with van der Waals surface area (Å²) in [4.78, 5) is 12.3. The predicted molar refractivity (Wildman–Crippen MR) is 78.5 cm³/mol. The highest BCUT2D eigenvalue weighted by atomic mass is 35.5. The van der Waals surface area contributed by atoms with E-state index in [-0.39, 0.29) is 27.0 Å². The third kappa shape index (κ3) is 3.66. The van der Waals surface area contributed by atoms with Crippen molar-refractivity contribution in [1.82, 2.24) is 0 Å². The van der Waals surface area contributed by atoms with E-state index in [1.165, 1.54) is 36.4 Å². The minimum Gasteiger partial charge on any atom is -0.293 e. The Balaban J connectivity index is 2.17. The van der Waals surface area contributed by atoms with Gasteiger partial charge in [-0.3, -0.25) is 9.00 Å². The van der Waals surface area contributed by atoms with E-state index in [0.717, 1.165) is 6.07 Å². The van der Waals surface area contributed by atoms with Crippen molar-refractivity contribution in [2.45, 2.75) is 4.90 Å². The third-order valence-electron chi connectivity index (χ3n) is 2.55. The average Bonchev–Trinajstić information content (AvgIpc) is 2.38. The summed E-state index contributed by atoms with van der Waals surface area (Å²) in [7, 11) is -1.62. The Kier molecular flexibility index (Phi) is 4.91. The van der Waals surface area contributed by atoms with Gasteiger partial charge in [0.2, 0.25) is 0 Å². The van der Waals surface area contributed by atoms with Crippen LogP contribution in [-0.2, 0) is 10.8 Å². The standard InChI is InChI=1S/C14H9Cl2FO2S/c15-9-4-5-12(13(16)6-9)14(18)8-20(19)11-3-1-2-10(17)7-11/h1-7H,8H2. The molecular formula is C14H9Cl2FO2S. The monoisotopic (exact) mass is 330 g/mol. The van der Waals surface area contributed by atoms with Crippen LogP contribution in [0.1, 0.15) is 10.4 Å². The van der Waals surface area contributed by atoms with Gasteiger partial charge < -0.3 is 0 Å². The second-order valence-corrected chi connectivity index (χ2v) is 6.29. The van der Waals surface area contributed by atoms with Crippen molar-refractivity contribution in [3.05, 3.63) is 63.9 Å². The molecule has 0 radical (unpaired) electrons. The molecule has 0 aliphatic carbocycles. The highest BCUT2D eigenvalue weighted by Gasteiger charge is 2.15. The highest BCUT2D eigenvalue weighted by molar-refractivity contribution is 7.85. The maximum Gasteiger partial charge on any atom is 0.177 e. The van der Waals surface area contributed by atoms with Gasteiger partial charge in [-0.2, -0.15) is 0 Å². The van der Waals surface area contributed by atoms with Gasteiger partial charge in [0.25, 0.3) is 0 Å². The summed E-state index contributed by atoms with van der Waals surface area (Å²) in [5.74, 6) is -1.13. The molecule has 2 nitrogen and oxygen atoms in total. The SMILES string of the molecule is O=C(CS(=O)c1cccc(F)c1)c1ccc(Cl)cc1Cl. The lowest BCUT2D eigenvalue weighted by Crippen LogP contribution is -2.11. The van der Waals surface area contributed by atoms with Crippen molar-refractivity contribution in [3.8, 4) is 0 Å². The van der Waals surface area contributed by atoms with E-state index in [0.29, 0.717) is 5.02 Å². The van der Waals surface area contributed by atoms with Crippen molar-refractivity contribution < 1.29 is 13.4 Å². The molecule has 0 amide bonds. The Morgan fingerprint density at radius 3 is 2.55 bits per heavy atom. The lowest BCUT2D eigenvalue weighted by molar-refractivity contribution is 0.102. The number of ketones is 1. The molecule has 0 spiro atoms. The molecule has 0 saturated heterocycles. The maximum absolute atomic E-state index is 13.0. The van der Waals surface area contributed by atoms with Crippen LogP contribution < -0.4 is 0 Å². The number of hydrogen-bond acceptors (Lipinski definition) is 2. The molecule has 0 aliphatic rings. The third-order valence-corrected chi connectivity index (χ3v) is 4.40. The quantitative estimate of drug-likeness (QED) is 0.790. The van der Waals surface area contributed by atoms with E-state index in [1.54, 1.807) is 0 Å². The molecule has 0 bridgehead atoms. The molecular weight excluding hydrogens is 322 g/mol. The van der Waals surface area contributed by atoms with Crippen LogP contribution in [0.4, 0.5) is 4.39 Å². The summed E-state index contributed by atoms with van der Waals surface area (Å²) in [5.41, 5.74) is 0.251. The Labute approximate surface area is 128 Å². The first-order chi connectivity index (χ1) is 9.47. The van der Waals surface area contributed by atoms with Crippen molar-refractivity contribution in [3.63, 3.8) is 0 Å². The number of benzene rings is 2. The fourth-order valence-electron chi connectivity index (χ4n) is 1.60. The molecule has 2 aromatic rings. The molecule has 104 valence electrons. The lowest BCUT2D eigenvalue weighted by Gasteiger charge is -2.05. The van der Waals surface area contributed by atoms with Gasteiger partial charge in [-0.1, -0.05) is 29.3 Å². The van der Waals surface area contributed by atoms with Gasteiger partial charge in [0.1, 0.15) is 5.82 Å². The Bertz CT molecular complexity index is 689. The largest absolute Gasteiger partial charge is 0.293 e. The number of carbonyl (C=O) groups is 1. The number of carbonyl (C=O) groups excluding carboxylic acids is 1. The van der Waals surface area contributed by atoms with Crippen molar-refractivity contribution in [2.24, 2.45) is 0 Å². The number of hydrogen-bond donors (Lipinski definition) is 0. The normalized spacial score (nSPS) is 12.2. The molecule has 0 aromatic heterocycles. The second-order valence-electron chi connectivity index (χ2n) is 3.99. The first kappa shape index (κ1) is 15.2. The van der Waals surface area contributed by atoms with Crippen LogP contribution in [0.2, 0.25) is 10.0 Å². The fraction of sp³-hybridized carbons (Fsp3) is 0.0714. The van der Waals surface area contributed by atoms with Gasteiger partial charge in [0.15, 0.2) is 5.78 Å². The van der Waals surface area contributed by atoms with E-state index in [1.807, 2.05) is 0 Å². The summed E-state index contributed by atoms with van der Waals surface area (Å²) < 4.78 is 25.1. The van der Waals surface area contributed by atoms with E-state index in [2.05, 4.69) is 0 Å². The Hall–Kier alpha value is -1.23. The van der Waals surface area contributed by atoms with Gasteiger partial charge >= 0.3 is 0 Å². The molecule has 0 saturated carbocycles. The van der Waals surface area contributed by atoms with Crippen molar-refractivity contribution in [1.29, 1.82) is 0 Å². The molecule has 6 heteroatoms. The molecule has 1 atom stereocenters. The maximum atomic E-state index is 13.0. The molecule has 2 rings (SSSR count). The molecule has 0 heterocycles. The highest BCUT2D eigenvalue weighted by Crippen LogP contribution is 2.22. The van der Waals surface area contributed by atoms with E-state index in [4.69, 9.17) is 23.2 Å². The van der Waals surface area contributed by atoms with E-state index in [9.17, 15) is 13.4 Å². The topological polar surface area (TPSA) is 34.1 Å². The van der Waals surface area contributed by atoms with Crippen LogP contribution >= 0.6 is 23.2 Å². The second kappa shape index (κ2) is 6.48. The first-order valence-corrected chi connectivity index (χ1v) is 7.67. The van der Waals surface area contributed by atoms with Gasteiger partial charge in [-0.25, -0.2) is 4.39 Å². The number of rotatable bonds is 4. The molecule has 20 heavy (non-hydrogen) atoms. The zero-order valence-corrected chi connectivity index (χ0v) is 12.4. The minimum atomic E-state index is -1.62.